The van der Waals surface area contributed by atoms with Gasteiger partial charge in [0, 0.05) is 37.4 Å². The van der Waals surface area contributed by atoms with Gasteiger partial charge in [0.1, 0.15) is 0 Å². The zero-order valence-corrected chi connectivity index (χ0v) is 17.7. The summed E-state index contributed by atoms with van der Waals surface area (Å²) in [6, 6.07) is 7.69. The minimum atomic E-state index is -0.445. The molecule has 5 rings (SSSR count). The van der Waals surface area contributed by atoms with Gasteiger partial charge in [-0.2, -0.15) is 4.52 Å². The molecule has 29 heavy (non-hydrogen) atoms. The SMILES string of the molecule is CCc1nc2sc(C(c3cccc(Cl)c3)N3CCC4(CC3)OCCO4)c(O)n2n1. The lowest BCUT2D eigenvalue weighted by Gasteiger charge is -2.41. The quantitative estimate of drug-likeness (QED) is 0.675. The molecule has 2 aromatic heterocycles. The summed E-state index contributed by atoms with van der Waals surface area (Å²) in [5, 5.41) is 16.1. The van der Waals surface area contributed by atoms with Crippen LogP contribution in [0.3, 0.4) is 0 Å². The van der Waals surface area contributed by atoms with Gasteiger partial charge < -0.3 is 14.6 Å². The van der Waals surface area contributed by atoms with Gasteiger partial charge in [0.25, 0.3) is 0 Å². The first kappa shape index (κ1) is 19.3. The Morgan fingerprint density at radius 1 is 1.28 bits per heavy atom. The fourth-order valence-electron chi connectivity index (χ4n) is 4.23. The Morgan fingerprint density at radius 3 is 2.69 bits per heavy atom. The van der Waals surface area contributed by atoms with Crippen molar-refractivity contribution in [2.24, 2.45) is 0 Å². The predicted octanol–water partition coefficient (Wildman–Crippen LogP) is 3.64. The molecule has 0 amide bonds. The van der Waals surface area contributed by atoms with Gasteiger partial charge in [-0.05, 0) is 17.7 Å². The van der Waals surface area contributed by atoms with E-state index in [-0.39, 0.29) is 11.9 Å². The summed E-state index contributed by atoms with van der Waals surface area (Å²) >= 11 is 7.78. The smallest absolute Gasteiger partial charge is 0.230 e. The van der Waals surface area contributed by atoms with E-state index in [2.05, 4.69) is 21.0 Å². The number of aromatic nitrogens is 3. The maximum Gasteiger partial charge on any atom is 0.230 e. The molecule has 0 aliphatic carbocycles. The average Bonchev–Trinajstić information content (AvgIpc) is 3.42. The molecule has 1 N–H and O–H groups in total. The summed E-state index contributed by atoms with van der Waals surface area (Å²) in [4.78, 5) is 8.42. The highest BCUT2D eigenvalue weighted by Gasteiger charge is 2.42. The Bertz CT molecular complexity index is 1020. The van der Waals surface area contributed by atoms with Crippen LogP contribution >= 0.6 is 22.9 Å². The highest BCUT2D eigenvalue weighted by Crippen LogP contribution is 2.43. The number of rotatable bonds is 4. The van der Waals surface area contributed by atoms with E-state index in [0.717, 1.165) is 48.6 Å². The van der Waals surface area contributed by atoms with Gasteiger partial charge in [0.2, 0.25) is 10.8 Å². The molecule has 2 aliphatic rings. The molecule has 154 valence electrons. The van der Waals surface area contributed by atoms with E-state index < -0.39 is 5.79 Å². The summed E-state index contributed by atoms with van der Waals surface area (Å²) in [5.74, 6) is 0.433. The second-order valence-corrected chi connectivity index (χ2v) is 8.91. The second kappa shape index (κ2) is 7.52. The van der Waals surface area contributed by atoms with Gasteiger partial charge >= 0.3 is 0 Å². The van der Waals surface area contributed by atoms with E-state index in [0.29, 0.717) is 23.2 Å². The number of likely N-dealkylation sites (tertiary alicyclic amines) is 1. The van der Waals surface area contributed by atoms with Crippen molar-refractivity contribution in [3.05, 3.63) is 45.6 Å². The number of thiazole rings is 1. The molecule has 1 unspecified atom stereocenters. The molecule has 2 fully saturated rings. The molecule has 1 aromatic carbocycles. The molecule has 2 aliphatic heterocycles. The van der Waals surface area contributed by atoms with Gasteiger partial charge in [-0.15, -0.1) is 5.10 Å². The van der Waals surface area contributed by atoms with Crippen LogP contribution < -0.4 is 0 Å². The number of aromatic hydroxyl groups is 1. The normalized spacial score (nSPS) is 20.6. The number of hydrogen-bond acceptors (Lipinski definition) is 7. The molecule has 1 atom stereocenters. The molecule has 0 saturated carbocycles. The van der Waals surface area contributed by atoms with Crippen molar-refractivity contribution >= 4 is 27.9 Å². The molecule has 4 heterocycles. The first-order chi connectivity index (χ1) is 14.1. The van der Waals surface area contributed by atoms with Crippen LogP contribution in [0, 0.1) is 0 Å². The van der Waals surface area contributed by atoms with Crippen LogP contribution in [-0.4, -0.2) is 56.7 Å². The van der Waals surface area contributed by atoms with E-state index in [9.17, 15) is 5.11 Å². The van der Waals surface area contributed by atoms with Crippen LogP contribution in [0.4, 0.5) is 0 Å². The van der Waals surface area contributed by atoms with E-state index in [1.165, 1.54) is 11.3 Å². The Balaban J connectivity index is 1.53. The number of benzene rings is 1. The molecule has 0 bridgehead atoms. The van der Waals surface area contributed by atoms with E-state index in [4.69, 9.17) is 21.1 Å². The summed E-state index contributed by atoms with van der Waals surface area (Å²) in [6.07, 6.45) is 2.33. The third-order valence-electron chi connectivity index (χ3n) is 5.71. The first-order valence-electron chi connectivity index (χ1n) is 9.93. The molecule has 3 aromatic rings. The Labute approximate surface area is 177 Å². The molecule has 2 saturated heterocycles. The topological polar surface area (TPSA) is 72.1 Å². The molecule has 9 heteroatoms. The van der Waals surface area contributed by atoms with Crippen molar-refractivity contribution in [2.75, 3.05) is 26.3 Å². The third-order valence-corrected chi connectivity index (χ3v) is 7.02. The van der Waals surface area contributed by atoms with Crippen molar-refractivity contribution in [3.63, 3.8) is 0 Å². The number of halogens is 1. The minimum absolute atomic E-state index is 0.133. The number of fused-ring (bicyclic) bond motifs is 1. The van der Waals surface area contributed by atoms with Gasteiger partial charge in [-0.1, -0.05) is 42.0 Å². The van der Waals surface area contributed by atoms with Crippen molar-refractivity contribution in [2.45, 2.75) is 38.0 Å². The Morgan fingerprint density at radius 2 is 2.03 bits per heavy atom. The van der Waals surface area contributed by atoms with Crippen molar-refractivity contribution in [3.8, 4) is 5.88 Å². The summed E-state index contributed by atoms with van der Waals surface area (Å²) in [6.45, 7) is 4.91. The number of piperidine rings is 1. The summed E-state index contributed by atoms with van der Waals surface area (Å²) in [7, 11) is 0. The molecular weight excluding hydrogens is 412 g/mol. The predicted molar refractivity (Wildman–Crippen MR) is 111 cm³/mol. The Hall–Kier alpha value is -1.71. The highest BCUT2D eigenvalue weighted by molar-refractivity contribution is 7.17. The molecule has 1 spiro atoms. The van der Waals surface area contributed by atoms with Crippen molar-refractivity contribution in [1.29, 1.82) is 0 Å². The van der Waals surface area contributed by atoms with Crippen LogP contribution in [0.2, 0.25) is 5.02 Å². The lowest BCUT2D eigenvalue weighted by molar-refractivity contribution is -0.187. The number of nitrogens with zero attached hydrogens (tertiary/aromatic N) is 4. The first-order valence-corrected chi connectivity index (χ1v) is 11.1. The maximum absolute atomic E-state index is 11.0. The monoisotopic (exact) mass is 434 g/mol. The zero-order chi connectivity index (χ0) is 20.0. The van der Waals surface area contributed by atoms with Gasteiger partial charge in [0.05, 0.1) is 24.1 Å². The molecular formula is C20H23ClN4O3S. The van der Waals surface area contributed by atoms with Crippen LogP contribution in [0.5, 0.6) is 5.88 Å². The molecule has 7 nitrogen and oxygen atoms in total. The second-order valence-electron chi connectivity index (χ2n) is 7.47. The van der Waals surface area contributed by atoms with E-state index in [1.807, 2.05) is 25.1 Å². The van der Waals surface area contributed by atoms with Gasteiger partial charge in [0.15, 0.2) is 11.6 Å². The lowest BCUT2D eigenvalue weighted by Crippen LogP contribution is -2.46. The van der Waals surface area contributed by atoms with Crippen LogP contribution in [-0.2, 0) is 15.9 Å². The van der Waals surface area contributed by atoms with Crippen LogP contribution in [0.25, 0.3) is 4.96 Å². The largest absolute Gasteiger partial charge is 0.492 e. The van der Waals surface area contributed by atoms with Crippen LogP contribution in [0.1, 0.15) is 42.1 Å². The number of aryl methyl sites for hydroxylation is 1. The lowest BCUT2D eigenvalue weighted by atomic mass is 9.97. The number of hydrogen-bond donors (Lipinski definition) is 1. The minimum Gasteiger partial charge on any atom is -0.492 e. The Kier molecular flexibility index (Phi) is 4.99. The zero-order valence-electron chi connectivity index (χ0n) is 16.2. The third kappa shape index (κ3) is 3.43. The van der Waals surface area contributed by atoms with Crippen molar-refractivity contribution in [1.82, 2.24) is 19.5 Å². The maximum atomic E-state index is 11.0. The summed E-state index contributed by atoms with van der Waals surface area (Å²) in [5.41, 5.74) is 1.04. The fraction of sp³-hybridized carbons (Fsp3) is 0.500. The van der Waals surface area contributed by atoms with Crippen molar-refractivity contribution < 1.29 is 14.6 Å². The number of ether oxygens (including phenoxy) is 2. The van der Waals surface area contributed by atoms with E-state index in [1.54, 1.807) is 4.52 Å². The standard InChI is InChI=1S/C20H23ClN4O3S/c1-2-15-22-19-25(23-15)18(26)17(29-19)16(13-4-3-5-14(21)12-13)24-8-6-20(7-9-24)27-10-11-28-20/h3-5,12,16,26H,2,6-11H2,1H3. The summed E-state index contributed by atoms with van der Waals surface area (Å²) < 4.78 is 13.3. The fourth-order valence-corrected chi connectivity index (χ4v) is 5.57. The highest BCUT2D eigenvalue weighted by atomic mass is 35.5. The van der Waals surface area contributed by atoms with Gasteiger partial charge in [-0.3, -0.25) is 4.90 Å². The van der Waals surface area contributed by atoms with Crippen LogP contribution in [0.15, 0.2) is 24.3 Å². The average molecular weight is 435 g/mol. The van der Waals surface area contributed by atoms with Gasteiger partial charge in [-0.25, -0.2) is 4.98 Å². The molecule has 0 radical (unpaired) electrons. The van der Waals surface area contributed by atoms with E-state index >= 15 is 0 Å².